The molecule has 3 heteroatoms. The van der Waals surface area contributed by atoms with Crippen molar-refractivity contribution in [2.24, 2.45) is 22.2 Å². The second-order valence-electron chi connectivity index (χ2n) is 7.32. The minimum absolute atomic E-state index is 0.572. The molecule has 0 aromatic rings. The first kappa shape index (κ1) is 12.6. The van der Waals surface area contributed by atoms with E-state index in [0.717, 1.165) is 24.4 Å². The van der Waals surface area contributed by atoms with Gasteiger partial charge in [0.25, 0.3) is 0 Å². The van der Waals surface area contributed by atoms with E-state index in [1.54, 1.807) is 0 Å². The molecule has 0 unspecified atom stereocenters. The third-order valence-electron chi connectivity index (χ3n) is 5.54. The maximum Gasteiger partial charge on any atom is 0.156 e. The van der Waals surface area contributed by atoms with Crippen LogP contribution in [0.2, 0.25) is 0 Å². The van der Waals surface area contributed by atoms with Crippen LogP contribution in [0.25, 0.3) is 0 Å². The monoisotopic (exact) mass is 278 g/mol. The van der Waals surface area contributed by atoms with E-state index in [4.69, 9.17) is 4.99 Å². The van der Waals surface area contributed by atoms with Crippen LogP contribution in [-0.4, -0.2) is 23.5 Å². The molecule has 0 aromatic heterocycles. The zero-order valence-electron chi connectivity index (χ0n) is 11.9. The highest BCUT2D eigenvalue weighted by Gasteiger charge is 2.43. The van der Waals surface area contributed by atoms with Gasteiger partial charge in [0.05, 0.1) is 0 Å². The Labute approximate surface area is 121 Å². The van der Waals surface area contributed by atoms with Gasteiger partial charge >= 0.3 is 0 Å². The Morgan fingerprint density at radius 3 is 2.26 bits per heavy atom. The van der Waals surface area contributed by atoms with Gasteiger partial charge in [0.2, 0.25) is 0 Å². The van der Waals surface area contributed by atoms with Crippen molar-refractivity contribution >= 4 is 16.9 Å². The highest BCUT2D eigenvalue weighted by molar-refractivity contribution is 8.13. The average Bonchev–Trinajstić information content (AvgIpc) is 3.32. The van der Waals surface area contributed by atoms with Crippen molar-refractivity contribution in [3.05, 3.63) is 0 Å². The number of amidine groups is 1. The lowest BCUT2D eigenvalue weighted by Crippen LogP contribution is -2.41. The number of hydrogen-bond donors (Lipinski definition) is 1. The van der Waals surface area contributed by atoms with Crippen molar-refractivity contribution in [3.63, 3.8) is 0 Å². The van der Waals surface area contributed by atoms with Crippen molar-refractivity contribution < 1.29 is 0 Å². The molecular weight excluding hydrogens is 252 g/mol. The van der Waals surface area contributed by atoms with Gasteiger partial charge in [0, 0.05) is 18.3 Å². The van der Waals surface area contributed by atoms with Gasteiger partial charge < -0.3 is 5.32 Å². The van der Waals surface area contributed by atoms with Gasteiger partial charge in [-0.1, -0.05) is 31.0 Å². The first-order valence-electron chi connectivity index (χ1n) is 8.29. The van der Waals surface area contributed by atoms with Crippen molar-refractivity contribution in [1.82, 2.24) is 5.32 Å². The van der Waals surface area contributed by atoms with Crippen LogP contribution >= 0.6 is 11.8 Å². The van der Waals surface area contributed by atoms with E-state index in [1.165, 1.54) is 68.7 Å². The van der Waals surface area contributed by atoms with Crippen LogP contribution < -0.4 is 5.32 Å². The molecule has 1 N–H and O–H groups in total. The molecule has 19 heavy (non-hydrogen) atoms. The van der Waals surface area contributed by atoms with Crippen molar-refractivity contribution in [2.45, 2.75) is 63.8 Å². The molecule has 0 saturated heterocycles. The van der Waals surface area contributed by atoms with Crippen molar-refractivity contribution in [2.75, 3.05) is 12.3 Å². The predicted octanol–water partition coefficient (Wildman–Crippen LogP) is 3.82. The standard InChI is InChI=1S/C16H26N2S/c1-2-8-16(9-3-1)10-17-15(19-11-16)18-14(12-4-5-12)13-6-7-13/h12-14H,1-11H2,(H,17,18). The van der Waals surface area contributed by atoms with Crippen LogP contribution in [0.3, 0.4) is 0 Å². The lowest BCUT2D eigenvalue weighted by atomic mass is 9.75. The Hall–Kier alpha value is -0.180. The van der Waals surface area contributed by atoms with Gasteiger partial charge in [-0.05, 0) is 55.8 Å². The molecule has 1 heterocycles. The van der Waals surface area contributed by atoms with Crippen LogP contribution in [0.5, 0.6) is 0 Å². The molecule has 106 valence electrons. The van der Waals surface area contributed by atoms with E-state index in [9.17, 15) is 0 Å². The number of aliphatic imine (C=N–C) groups is 1. The van der Waals surface area contributed by atoms with E-state index in [2.05, 4.69) is 5.32 Å². The first-order chi connectivity index (χ1) is 9.35. The molecule has 0 atom stereocenters. The molecule has 0 aromatic carbocycles. The van der Waals surface area contributed by atoms with Gasteiger partial charge in [-0.2, -0.15) is 0 Å². The number of hydrogen-bond acceptors (Lipinski definition) is 3. The summed E-state index contributed by atoms with van der Waals surface area (Å²) in [5.41, 5.74) is 0.572. The maximum absolute atomic E-state index is 4.94. The Balaban J connectivity index is 1.37. The summed E-state index contributed by atoms with van der Waals surface area (Å²) in [6, 6.07) is 0.770. The molecule has 3 aliphatic carbocycles. The summed E-state index contributed by atoms with van der Waals surface area (Å²) in [6.45, 7) is 1.10. The Kier molecular flexibility index (Phi) is 3.29. The quantitative estimate of drug-likeness (QED) is 0.849. The molecule has 1 spiro atoms. The third kappa shape index (κ3) is 2.81. The molecular formula is C16H26N2S. The van der Waals surface area contributed by atoms with Crippen molar-refractivity contribution in [1.29, 1.82) is 0 Å². The summed E-state index contributed by atoms with van der Waals surface area (Å²) in [5.74, 6) is 3.27. The molecule has 1 aliphatic heterocycles. The summed E-state index contributed by atoms with van der Waals surface area (Å²) in [4.78, 5) is 4.94. The van der Waals surface area contributed by atoms with Crippen molar-refractivity contribution in [3.8, 4) is 0 Å². The molecule has 3 fully saturated rings. The topological polar surface area (TPSA) is 24.4 Å². The minimum Gasteiger partial charge on any atom is -0.362 e. The molecule has 4 aliphatic rings. The summed E-state index contributed by atoms with van der Waals surface area (Å²) >= 11 is 2.03. The average molecular weight is 278 g/mol. The van der Waals surface area contributed by atoms with Crippen LogP contribution in [-0.2, 0) is 0 Å². The van der Waals surface area contributed by atoms with Crippen LogP contribution in [0, 0.1) is 17.3 Å². The normalized spacial score (nSPS) is 30.5. The second-order valence-corrected chi connectivity index (χ2v) is 8.28. The van der Waals surface area contributed by atoms with Crippen LogP contribution in [0.1, 0.15) is 57.8 Å². The fraction of sp³-hybridized carbons (Fsp3) is 0.938. The highest BCUT2D eigenvalue weighted by Crippen LogP contribution is 2.46. The number of nitrogens with one attached hydrogen (secondary N) is 1. The first-order valence-corrected chi connectivity index (χ1v) is 9.27. The zero-order valence-corrected chi connectivity index (χ0v) is 12.7. The molecule has 0 bridgehead atoms. The summed E-state index contributed by atoms with van der Waals surface area (Å²) in [7, 11) is 0. The smallest absolute Gasteiger partial charge is 0.156 e. The minimum atomic E-state index is 0.572. The summed E-state index contributed by atoms with van der Waals surface area (Å²) in [5, 5.41) is 5.09. The SMILES string of the molecule is C1CCC2(CC1)CN=C(NC(C1CC1)C1CC1)SC2. The van der Waals surface area contributed by atoms with Gasteiger partial charge in [0.1, 0.15) is 0 Å². The molecule has 4 rings (SSSR count). The van der Waals surface area contributed by atoms with E-state index in [0.29, 0.717) is 5.41 Å². The van der Waals surface area contributed by atoms with Gasteiger partial charge in [-0.3, -0.25) is 4.99 Å². The number of rotatable bonds is 3. The third-order valence-corrected chi connectivity index (χ3v) is 6.81. The highest BCUT2D eigenvalue weighted by atomic mass is 32.2. The molecule has 2 nitrogen and oxygen atoms in total. The van der Waals surface area contributed by atoms with Crippen LogP contribution in [0.15, 0.2) is 4.99 Å². The number of nitrogens with zero attached hydrogens (tertiary/aromatic N) is 1. The predicted molar refractivity (Wildman–Crippen MR) is 82.6 cm³/mol. The van der Waals surface area contributed by atoms with E-state index >= 15 is 0 Å². The fourth-order valence-corrected chi connectivity index (χ4v) is 5.12. The Bertz CT molecular complexity index is 353. The van der Waals surface area contributed by atoms with E-state index < -0.39 is 0 Å². The molecule has 0 amide bonds. The summed E-state index contributed by atoms with van der Waals surface area (Å²) in [6.07, 6.45) is 13.0. The molecule has 0 radical (unpaired) electrons. The van der Waals surface area contributed by atoms with E-state index in [1.807, 2.05) is 11.8 Å². The fourth-order valence-electron chi connectivity index (χ4n) is 3.92. The van der Waals surface area contributed by atoms with Gasteiger partial charge in [-0.15, -0.1) is 0 Å². The van der Waals surface area contributed by atoms with E-state index in [-0.39, 0.29) is 0 Å². The second kappa shape index (κ2) is 4.98. The van der Waals surface area contributed by atoms with Gasteiger partial charge in [-0.25, -0.2) is 0 Å². The van der Waals surface area contributed by atoms with Gasteiger partial charge in [0.15, 0.2) is 5.17 Å². The largest absolute Gasteiger partial charge is 0.362 e. The lowest BCUT2D eigenvalue weighted by molar-refractivity contribution is 0.232. The maximum atomic E-state index is 4.94. The Morgan fingerprint density at radius 2 is 1.74 bits per heavy atom. The Morgan fingerprint density at radius 1 is 1.05 bits per heavy atom. The van der Waals surface area contributed by atoms with Crippen LogP contribution in [0.4, 0.5) is 0 Å². The lowest BCUT2D eigenvalue weighted by Gasteiger charge is -2.39. The number of thioether (sulfide) groups is 1. The molecule has 3 saturated carbocycles. The summed E-state index contributed by atoms with van der Waals surface area (Å²) < 4.78 is 0. The zero-order chi connectivity index (χ0) is 12.7.